The first-order chi connectivity index (χ1) is 6.38. The van der Waals surface area contributed by atoms with E-state index in [4.69, 9.17) is 0 Å². The Kier molecular flexibility index (Phi) is 2.31. The highest BCUT2D eigenvalue weighted by atomic mass is 16.5. The average Bonchev–Trinajstić information content (AvgIpc) is 2.20. The second-order valence-corrected chi connectivity index (χ2v) is 3.14. The van der Waals surface area contributed by atoms with Crippen LogP contribution in [0.4, 0.5) is 5.82 Å². The first-order valence-electron chi connectivity index (χ1n) is 4.53. The third kappa shape index (κ3) is 1.72. The third-order valence-corrected chi connectivity index (χ3v) is 2.26. The van der Waals surface area contributed by atoms with E-state index in [-0.39, 0.29) is 0 Å². The van der Waals surface area contributed by atoms with Crippen LogP contribution >= 0.6 is 0 Å². The molecule has 2 heterocycles. The monoisotopic (exact) mass is 180 g/mol. The largest absolute Gasteiger partial charge is 0.350 e. The van der Waals surface area contributed by atoms with E-state index in [0.717, 1.165) is 32.0 Å². The molecular formula is C9H14N3O+. The molecule has 2 rings (SSSR count). The molecule has 0 saturated carbocycles. The van der Waals surface area contributed by atoms with E-state index in [1.54, 1.807) is 6.20 Å². The van der Waals surface area contributed by atoms with Crippen molar-refractivity contribution >= 4 is 5.82 Å². The van der Waals surface area contributed by atoms with Gasteiger partial charge in [-0.3, -0.25) is 4.90 Å². The number of anilines is 1. The molecule has 1 aromatic rings. The van der Waals surface area contributed by atoms with Crippen LogP contribution in [-0.4, -0.2) is 31.4 Å². The number of nitrogens with zero attached hydrogens (tertiary/aromatic N) is 2. The molecule has 70 valence electrons. The molecule has 0 amide bonds. The summed E-state index contributed by atoms with van der Waals surface area (Å²) in [5.74, 6) is 0.865. The Bertz CT molecular complexity index is 284. The molecule has 0 radical (unpaired) electrons. The highest BCUT2D eigenvalue weighted by Crippen LogP contribution is 2.06. The van der Waals surface area contributed by atoms with Crippen molar-refractivity contribution in [3.63, 3.8) is 0 Å². The standard InChI is InChI=1S/C9H14N3O/c13-12-6-2-1-3-9(12)11-7-4-10-5-8-11/h1-3,6,10,13H,4-5,7-8H2/q+1. The Hall–Kier alpha value is -1.29. The topological polar surface area (TPSA) is 39.4 Å². The second-order valence-electron chi connectivity index (χ2n) is 3.14. The number of hydrogen-bond donors (Lipinski definition) is 2. The predicted molar refractivity (Wildman–Crippen MR) is 48.9 cm³/mol. The minimum absolute atomic E-state index is 0.865. The van der Waals surface area contributed by atoms with E-state index in [2.05, 4.69) is 10.2 Å². The van der Waals surface area contributed by atoms with Gasteiger partial charge in [-0.25, -0.2) is 0 Å². The number of hydrogen-bond acceptors (Lipinski definition) is 3. The summed E-state index contributed by atoms with van der Waals surface area (Å²) in [6.07, 6.45) is 1.65. The Morgan fingerprint density at radius 3 is 2.77 bits per heavy atom. The zero-order valence-corrected chi connectivity index (χ0v) is 7.48. The lowest BCUT2D eigenvalue weighted by Gasteiger charge is -2.22. The van der Waals surface area contributed by atoms with Crippen molar-refractivity contribution in [1.29, 1.82) is 0 Å². The molecule has 1 aliphatic heterocycles. The predicted octanol–water partition coefficient (Wildman–Crippen LogP) is -0.379. The van der Waals surface area contributed by atoms with Crippen LogP contribution in [0.1, 0.15) is 0 Å². The van der Waals surface area contributed by atoms with Crippen molar-refractivity contribution in [3.8, 4) is 0 Å². The van der Waals surface area contributed by atoms with Crippen LogP contribution in [0.15, 0.2) is 24.4 Å². The summed E-state index contributed by atoms with van der Waals surface area (Å²) in [7, 11) is 0. The Morgan fingerprint density at radius 2 is 2.08 bits per heavy atom. The summed E-state index contributed by atoms with van der Waals surface area (Å²) in [6, 6.07) is 5.67. The van der Waals surface area contributed by atoms with Gasteiger partial charge in [0.1, 0.15) is 6.20 Å². The summed E-state index contributed by atoms with van der Waals surface area (Å²) in [5, 5.41) is 12.8. The van der Waals surface area contributed by atoms with E-state index in [1.807, 2.05) is 18.2 Å². The van der Waals surface area contributed by atoms with Crippen molar-refractivity contribution < 1.29 is 9.94 Å². The van der Waals surface area contributed by atoms with E-state index in [1.165, 1.54) is 4.73 Å². The molecule has 0 spiro atoms. The molecule has 4 nitrogen and oxygen atoms in total. The van der Waals surface area contributed by atoms with Gasteiger partial charge < -0.3 is 10.5 Å². The van der Waals surface area contributed by atoms with Gasteiger partial charge >= 0.3 is 5.82 Å². The van der Waals surface area contributed by atoms with Crippen molar-refractivity contribution in [2.24, 2.45) is 0 Å². The molecule has 1 aliphatic rings. The zero-order valence-electron chi connectivity index (χ0n) is 7.48. The van der Waals surface area contributed by atoms with Gasteiger partial charge in [0.15, 0.2) is 0 Å². The Balaban J connectivity index is 2.18. The van der Waals surface area contributed by atoms with Crippen LogP contribution in [0.3, 0.4) is 0 Å². The number of piperazine rings is 1. The van der Waals surface area contributed by atoms with Crippen molar-refractivity contribution in [3.05, 3.63) is 24.4 Å². The molecule has 0 unspecified atom stereocenters. The lowest BCUT2D eigenvalue weighted by molar-refractivity contribution is -0.894. The summed E-state index contributed by atoms with van der Waals surface area (Å²) >= 11 is 0. The minimum Gasteiger partial charge on any atom is -0.350 e. The van der Waals surface area contributed by atoms with E-state index >= 15 is 0 Å². The van der Waals surface area contributed by atoms with Crippen molar-refractivity contribution in [1.82, 2.24) is 5.32 Å². The first kappa shape index (κ1) is 8.31. The summed E-state index contributed by atoms with van der Waals surface area (Å²) in [6.45, 7) is 3.86. The van der Waals surface area contributed by atoms with Gasteiger partial charge in [-0.2, -0.15) is 0 Å². The van der Waals surface area contributed by atoms with Gasteiger partial charge in [0.05, 0.1) is 13.1 Å². The maximum absolute atomic E-state index is 9.52. The van der Waals surface area contributed by atoms with Crippen molar-refractivity contribution in [2.45, 2.75) is 0 Å². The lowest BCUT2D eigenvalue weighted by Crippen LogP contribution is -2.49. The van der Waals surface area contributed by atoms with Gasteiger partial charge in [-0.05, 0) is 6.07 Å². The number of rotatable bonds is 1. The zero-order chi connectivity index (χ0) is 9.10. The van der Waals surface area contributed by atoms with E-state index in [9.17, 15) is 5.21 Å². The Morgan fingerprint density at radius 1 is 1.31 bits per heavy atom. The molecule has 2 N–H and O–H groups in total. The number of pyridine rings is 1. The fourth-order valence-corrected chi connectivity index (χ4v) is 1.57. The van der Waals surface area contributed by atoms with Gasteiger partial charge in [-0.15, -0.1) is 0 Å². The lowest BCUT2D eigenvalue weighted by atomic mass is 10.3. The molecule has 0 aliphatic carbocycles. The van der Waals surface area contributed by atoms with Gasteiger partial charge in [0, 0.05) is 19.2 Å². The molecular weight excluding hydrogens is 166 g/mol. The van der Waals surface area contributed by atoms with Crippen LogP contribution < -0.4 is 14.9 Å². The van der Waals surface area contributed by atoms with Gasteiger partial charge in [0.2, 0.25) is 0 Å². The van der Waals surface area contributed by atoms with Crippen molar-refractivity contribution in [2.75, 3.05) is 31.1 Å². The minimum atomic E-state index is 0.865. The van der Waals surface area contributed by atoms with Crippen LogP contribution in [0, 0.1) is 0 Å². The average molecular weight is 180 g/mol. The van der Waals surface area contributed by atoms with Gasteiger partial charge in [0.25, 0.3) is 0 Å². The quantitative estimate of drug-likeness (QED) is 0.457. The van der Waals surface area contributed by atoms with Crippen LogP contribution in [0.5, 0.6) is 0 Å². The molecule has 1 fully saturated rings. The number of aromatic nitrogens is 1. The third-order valence-electron chi connectivity index (χ3n) is 2.26. The molecule has 0 atom stereocenters. The van der Waals surface area contributed by atoms with Gasteiger partial charge in [-0.1, -0.05) is 10.8 Å². The van der Waals surface area contributed by atoms with Crippen LogP contribution in [-0.2, 0) is 0 Å². The highest BCUT2D eigenvalue weighted by molar-refractivity contribution is 5.32. The first-order valence-corrected chi connectivity index (χ1v) is 4.53. The summed E-state index contributed by atoms with van der Waals surface area (Å²) < 4.78 is 1.17. The highest BCUT2D eigenvalue weighted by Gasteiger charge is 2.20. The Labute approximate surface area is 77.4 Å². The molecule has 0 aromatic carbocycles. The maximum atomic E-state index is 9.52. The summed E-state index contributed by atoms with van der Waals surface area (Å²) in [5.41, 5.74) is 0. The van der Waals surface area contributed by atoms with E-state index < -0.39 is 0 Å². The number of nitrogens with one attached hydrogen (secondary N) is 1. The second kappa shape index (κ2) is 3.62. The maximum Gasteiger partial charge on any atom is 0.316 e. The van der Waals surface area contributed by atoms with Crippen LogP contribution in [0.2, 0.25) is 0 Å². The molecule has 1 aromatic heterocycles. The molecule has 4 heteroatoms. The smallest absolute Gasteiger partial charge is 0.316 e. The fraction of sp³-hybridized carbons (Fsp3) is 0.444. The SMILES string of the molecule is O[n+]1ccccc1N1CCNCC1. The van der Waals surface area contributed by atoms with Crippen LogP contribution in [0.25, 0.3) is 0 Å². The normalized spacial score (nSPS) is 17.4. The molecule has 0 bridgehead atoms. The fourth-order valence-electron chi connectivity index (χ4n) is 1.57. The molecule has 13 heavy (non-hydrogen) atoms. The van der Waals surface area contributed by atoms with E-state index in [0.29, 0.717) is 0 Å². The molecule has 1 saturated heterocycles. The summed E-state index contributed by atoms with van der Waals surface area (Å²) in [4.78, 5) is 2.16.